The van der Waals surface area contributed by atoms with Crippen LogP contribution < -0.4 is 0 Å². The molecule has 0 saturated carbocycles. The lowest BCUT2D eigenvalue weighted by Crippen LogP contribution is -2.44. The molecule has 0 aliphatic carbocycles. The third-order valence-electron chi connectivity index (χ3n) is 3.06. The number of carboxylic acids is 1. The quantitative estimate of drug-likeness (QED) is 0.786. The average Bonchev–Trinajstić information content (AvgIpc) is 2.19. The maximum Gasteiger partial charge on any atom is 0.304 e. The largest absolute Gasteiger partial charge is 0.481 e. The lowest BCUT2D eigenvalue weighted by atomic mass is 10.1. The van der Waals surface area contributed by atoms with Crippen molar-refractivity contribution in [1.29, 1.82) is 0 Å². The van der Waals surface area contributed by atoms with Gasteiger partial charge in [-0.15, -0.1) is 0 Å². The fourth-order valence-corrected chi connectivity index (χ4v) is 3.40. The van der Waals surface area contributed by atoms with Gasteiger partial charge in [-0.25, -0.2) is 0 Å². The summed E-state index contributed by atoms with van der Waals surface area (Å²) in [5.41, 5.74) is 0. The standard InChI is InChI=1S/C11H21NO2S/c1-3-12(9(2)8-11(13)14)10-4-6-15-7-5-10/h9-10H,3-8H2,1-2H3,(H,13,14). The van der Waals surface area contributed by atoms with Crippen molar-refractivity contribution in [1.82, 2.24) is 4.90 Å². The SMILES string of the molecule is CCN(C(C)CC(=O)O)C1CCSCC1. The van der Waals surface area contributed by atoms with E-state index in [1.54, 1.807) is 0 Å². The van der Waals surface area contributed by atoms with Gasteiger partial charge in [0, 0.05) is 12.1 Å². The molecule has 4 heteroatoms. The second-order valence-electron chi connectivity index (χ2n) is 4.12. The van der Waals surface area contributed by atoms with Crippen LogP contribution in [-0.2, 0) is 4.79 Å². The van der Waals surface area contributed by atoms with E-state index in [-0.39, 0.29) is 12.5 Å². The first-order chi connectivity index (χ1) is 7.15. The molecule has 0 radical (unpaired) electrons. The highest BCUT2D eigenvalue weighted by Crippen LogP contribution is 2.23. The van der Waals surface area contributed by atoms with Crippen molar-refractivity contribution >= 4 is 17.7 Å². The van der Waals surface area contributed by atoms with Gasteiger partial charge in [0.25, 0.3) is 0 Å². The van der Waals surface area contributed by atoms with Crippen molar-refractivity contribution in [2.75, 3.05) is 18.1 Å². The first kappa shape index (κ1) is 12.8. The summed E-state index contributed by atoms with van der Waals surface area (Å²) in [6.45, 7) is 5.11. The first-order valence-electron chi connectivity index (χ1n) is 5.70. The highest BCUT2D eigenvalue weighted by Gasteiger charge is 2.25. The number of rotatable bonds is 5. The number of carbonyl (C=O) groups is 1. The van der Waals surface area contributed by atoms with Gasteiger partial charge in [-0.2, -0.15) is 11.8 Å². The van der Waals surface area contributed by atoms with Gasteiger partial charge in [0.2, 0.25) is 0 Å². The van der Waals surface area contributed by atoms with E-state index in [0.29, 0.717) is 6.04 Å². The van der Waals surface area contributed by atoms with E-state index in [2.05, 4.69) is 11.8 Å². The van der Waals surface area contributed by atoms with Crippen LogP contribution in [0, 0.1) is 0 Å². The number of thioether (sulfide) groups is 1. The Labute approximate surface area is 96.2 Å². The number of aliphatic carboxylic acids is 1. The van der Waals surface area contributed by atoms with E-state index in [4.69, 9.17) is 5.11 Å². The van der Waals surface area contributed by atoms with Crippen LogP contribution in [-0.4, -0.2) is 46.1 Å². The van der Waals surface area contributed by atoms with Crippen molar-refractivity contribution in [3.63, 3.8) is 0 Å². The second-order valence-corrected chi connectivity index (χ2v) is 5.35. The first-order valence-corrected chi connectivity index (χ1v) is 6.86. The summed E-state index contributed by atoms with van der Waals surface area (Å²) in [7, 11) is 0. The van der Waals surface area contributed by atoms with E-state index >= 15 is 0 Å². The number of nitrogens with zero attached hydrogens (tertiary/aromatic N) is 1. The van der Waals surface area contributed by atoms with Gasteiger partial charge < -0.3 is 5.11 Å². The zero-order valence-electron chi connectivity index (χ0n) is 9.61. The van der Waals surface area contributed by atoms with Gasteiger partial charge >= 0.3 is 5.97 Å². The molecule has 1 saturated heterocycles. The third kappa shape index (κ3) is 4.03. The molecule has 1 aliphatic rings. The zero-order chi connectivity index (χ0) is 11.3. The number of hydrogen-bond acceptors (Lipinski definition) is 3. The van der Waals surface area contributed by atoms with Crippen LogP contribution >= 0.6 is 11.8 Å². The number of carboxylic acid groups (broad SMARTS) is 1. The Morgan fingerprint density at radius 1 is 1.53 bits per heavy atom. The molecule has 0 aromatic rings. The predicted octanol–water partition coefficient (Wildman–Crippen LogP) is 2.07. The lowest BCUT2D eigenvalue weighted by molar-refractivity contribution is -0.138. The third-order valence-corrected chi connectivity index (χ3v) is 4.11. The number of hydrogen-bond donors (Lipinski definition) is 1. The normalized spacial score (nSPS) is 20.5. The topological polar surface area (TPSA) is 40.5 Å². The molecular formula is C11H21NO2S. The molecule has 0 amide bonds. The summed E-state index contributed by atoms with van der Waals surface area (Å²) in [5, 5.41) is 8.80. The molecular weight excluding hydrogens is 210 g/mol. The molecule has 0 aromatic heterocycles. The molecule has 0 aromatic carbocycles. The van der Waals surface area contributed by atoms with E-state index < -0.39 is 5.97 Å². The molecule has 1 unspecified atom stereocenters. The van der Waals surface area contributed by atoms with Crippen LogP contribution in [0.15, 0.2) is 0 Å². The second kappa shape index (κ2) is 6.38. The van der Waals surface area contributed by atoms with Crippen LogP contribution in [0.2, 0.25) is 0 Å². The predicted molar refractivity (Wildman–Crippen MR) is 64.4 cm³/mol. The van der Waals surface area contributed by atoms with Crippen LogP contribution in [0.5, 0.6) is 0 Å². The Balaban J connectivity index is 2.48. The highest BCUT2D eigenvalue weighted by atomic mass is 32.2. The summed E-state index contributed by atoms with van der Waals surface area (Å²) in [6.07, 6.45) is 2.68. The van der Waals surface area contributed by atoms with Crippen molar-refractivity contribution in [2.45, 2.75) is 45.2 Å². The maximum absolute atomic E-state index is 10.7. The van der Waals surface area contributed by atoms with Crippen molar-refractivity contribution in [3.05, 3.63) is 0 Å². The van der Waals surface area contributed by atoms with Crippen molar-refractivity contribution in [2.24, 2.45) is 0 Å². The smallest absolute Gasteiger partial charge is 0.304 e. The molecule has 0 bridgehead atoms. The van der Waals surface area contributed by atoms with E-state index in [1.807, 2.05) is 18.7 Å². The molecule has 1 fully saturated rings. The minimum atomic E-state index is -0.689. The minimum absolute atomic E-state index is 0.167. The summed E-state index contributed by atoms with van der Waals surface area (Å²) in [5.74, 6) is 1.76. The van der Waals surface area contributed by atoms with Crippen molar-refractivity contribution in [3.8, 4) is 0 Å². The van der Waals surface area contributed by atoms with Gasteiger partial charge in [0.05, 0.1) is 6.42 Å². The fourth-order valence-electron chi connectivity index (χ4n) is 2.32. The Morgan fingerprint density at radius 3 is 2.60 bits per heavy atom. The van der Waals surface area contributed by atoms with Crippen LogP contribution in [0.3, 0.4) is 0 Å². The summed E-state index contributed by atoms with van der Waals surface area (Å²) < 4.78 is 0. The zero-order valence-corrected chi connectivity index (χ0v) is 10.4. The van der Waals surface area contributed by atoms with Gasteiger partial charge in [-0.05, 0) is 37.8 Å². The molecule has 88 valence electrons. The van der Waals surface area contributed by atoms with Crippen LogP contribution in [0.4, 0.5) is 0 Å². The molecule has 1 N–H and O–H groups in total. The monoisotopic (exact) mass is 231 g/mol. The van der Waals surface area contributed by atoms with E-state index in [9.17, 15) is 4.79 Å². The summed E-state index contributed by atoms with van der Waals surface area (Å²) in [6, 6.07) is 0.770. The Hall–Kier alpha value is -0.220. The van der Waals surface area contributed by atoms with Gasteiger partial charge in [-0.1, -0.05) is 6.92 Å². The molecule has 1 aliphatic heterocycles. The molecule has 15 heavy (non-hydrogen) atoms. The molecule has 1 atom stereocenters. The van der Waals surface area contributed by atoms with Gasteiger partial charge in [0.1, 0.15) is 0 Å². The Morgan fingerprint density at radius 2 is 2.13 bits per heavy atom. The lowest BCUT2D eigenvalue weighted by Gasteiger charge is -2.37. The maximum atomic E-state index is 10.7. The van der Waals surface area contributed by atoms with Gasteiger partial charge in [0.15, 0.2) is 0 Å². The van der Waals surface area contributed by atoms with Crippen LogP contribution in [0.25, 0.3) is 0 Å². The molecule has 3 nitrogen and oxygen atoms in total. The van der Waals surface area contributed by atoms with Crippen LogP contribution in [0.1, 0.15) is 33.1 Å². The van der Waals surface area contributed by atoms with Crippen molar-refractivity contribution < 1.29 is 9.90 Å². The van der Waals surface area contributed by atoms with E-state index in [0.717, 1.165) is 6.54 Å². The minimum Gasteiger partial charge on any atom is -0.481 e. The molecule has 1 rings (SSSR count). The average molecular weight is 231 g/mol. The fraction of sp³-hybridized carbons (Fsp3) is 0.909. The summed E-state index contributed by atoms with van der Waals surface area (Å²) >= 11 is 2.01. The Bertz CT molecular complexity index is 205. The summed E-state index contributed by atoms with van der Waals surface area (Å²) in [4.78, 5) is 13.0. The van der Waals surface area contributed by atoms with E-state index in [1.165, 1.54) is 24.3 Å². The highest BCUT2D eigenvalue weighted by molar-refractivity contribution is 7.99. The Kier molecular flexibility index (Phi) is 5.47. The van der Waals surface area contributed by atoms with Gasteiger partial charge in [-0.3, -0.25) is 9.69 Å². The molecule has 0 spiro atoms. The molecule has 1 heterocycles.